The molecule has 2 aromatic rings. The SMILES string of the molecule is CCC(C)c1ccc(OCC(=O)Nc2ccc([N+](=O)[O-])cc2)c(Br)c1. The van der Waals surface area contributed by atoms with Crippen LogP contribution in [-0.4, -0.2) is 17.4 Å². The highest BCUT2D eigenvalue weighted by Crippen LogP contribution is 2.30. The number of anilines is 1. The van der Waals surface area contributed by atoms with Gasteiger partial charge >= 0.3 is 0 Å². The van der Waals surface area contributed by atoms with E-state index in [4.69, 9.17) is 4.74 Å². The molecule has 2 aromatic carbocycles. The van der Waals surface area contributed by atoms with Gasteiger partial charge in [0.1, 0.15) is 5.75 Å². The largest absolute Gasteiger partial charge is 0.483 e. The van der Waals surface area contributed by atoms with Crippen LogP contribution in [0.1, 0.15) is 31.7 Å². The van der Waals surface area contributed by atoms with E-state index in [1.165, 1.54) is 29.8 Å². The molecule has 1 N–H and O–H groups in total. The second-order valence-corrected chi connectivity index (χ2v) is 6.49. The third-order valence-corrected chi connectivity index (χ3v) is 4.48. The van der Waals surface area contributed by atoms with Gasteiger partial charge in [0.05, 0.1) is 9.40 Å². The number of carbonyl (C=O) groups excluding carboxylic acids is 1. The highest BCUT2D eigenvalue weighted by atomic mass is 79.9. The molecule has 0 aliphatic heterocycles. The first-order valence-corrected chi connectivity index (χ1v) is 8.66. The monoisotopic (exact) mass is 406 g/mol. The third-order valence-electron chi connectivity index (χ3n) is 3.86. The van der Waals surface area contributed by atoms with Crippen LogP contribution in [0.5, 0.6) is 5.75 Å². The van der Waals surface area contributed by atoms with Gasteiger partial charge in [0.25, 0.3) is 11.6 Å². The number of nitrogens with one attached hydrogen (secondary N) is 1. The number of benzene rings is 2. The Labute approximate surface area is 154 Å². The molecule has 6 nitrogen and oxygen atoms in total. The van der Waals surface area contributed by atoms with Crippen LogP contribution in [0.3, 0.4) is 0 Å². The van der Waals surface area contributed by atoms with Crippen LogP contribution in [0.15, 0.2) is 46.9 Å². The molecule has 132 valence electrons. The van der Waals surface area contributed by atoms with E-state index >= 15 is 0 Å². The van der Waals surface area contributed by atoms with Gasteiger partial charge in [0.15, 0.2) is 6.61 Å². The van der Waals surface area contributed by atoms with Gasteiger partial charge in [0, 0.05) is 17.8 Å². The lowest BCUT2D eigenvalue weighted by Gasteiger charge is -2.13. The molecular formula is C18H19BrN2O4. The number of nitro groups is 1. The molecule has 1 unspecified atom stereocenters. The van der Waals surface area contributed by atoms with Crippen molar-refractivity contribution in [2.75, 3.05) is 11.9 Å². The van der Waals surface area contributed by atoms with E-state index in [2.05, 4.69) is 35.1 Å². The Hall–Kier alpha value is -2.41. The molecule has 0 saturated carbocycles. The highest BCUT2D eigenvalue weighted by molar-refractivity contribution is 9.10. The summed E-state index contributed by atoms with van der Waals surface area (Å²) in [7, 11) is 0. The number of nitrogens with zero attached hydrogens (tertiary/aromatic N) is 1. The van der Waals surface area contributed by atoms with Crippen molar-refractivity contribution in [3.8, 4) is 5.75 Å². The van der Waals surface area contributed by atoms with Crippen LogP contribution >= 0.6 is 15.9 Å². The summed E-state index contributed by atoms with van der Waals surface area (Å²) in [5, 5.41) is 13.2. The molecule has 0 aromatic heterocycles. The Morgan fingerprint density at radius 2 is 1.96 bits per heavy atom. The van der Waals surface area contributed by atoms with Crippen molar-refractivity contribution in [3.05, 3.63) is 62.6 Å². The van der Waals surface area contributed by atoms with Crippen molar-refractivity contribution in [2.45, 2.75) is 26.2 Å². The molecule has 0 bridgehead atoms. The summed E-state index contributed by atoms with van der Waals surface area (Å²) in [5.74, 6) is 0.702. The van der Waals surface area contributed by atoms with Crippen LogP contribution in [0.2, 0.25) is 0 Å². The zero-order chi connectivity index (χ0) is 18.4. The number of ether oxygens (including phenoxy) is 1. The van der Waals surface area contributed by atoms with Crippen molar-refractivity contribution in [1.82, 2.24) is 0 Å². The standard InChI is InChI=1S/C18H19BrN2O4/c1-3-12(2)13-4-9-17(16(19)10-13)25-11-18(22)20-14-5-7-15(8-6-14)21(23)24/h4-10,12H,3,11H2,1-2H3,(H,20,22). The molecule has 0 aliphatic carbocycles. The van der Waals surface area contributed by atoms with E-state index in [0.29, 0.717) is 17.4 Å². The Kier molecular flexibility index (Phi) is 6.52. The second-order valence-electron chi connectivity index (χ2n) is 5.64. The lowest BCUT2D eigenvalue weighted by Crippen LogP contribution is -2.20. The number of non-ortho nitro benzene ring substituents is 1. The average Bonchev–Trinajstić information content (AvgIpc) is 2.60. The van der Waals surface area contributed by atoms with Gasteiger partial charge in [-0.3, -0.25) is 14.9 Å². The molecule has 0 spiro atoms. The van der Waals surface area contributed by atoms with Gasteiger partial charge in [0.2, 0.25) is 0 Å². The van der Waals surface area contributed by atoms with Gasteiger partial charge in [-0.25, -0.2) is 0 Å². The van der Waals surface area contributed by atoms with E-state index in [9.17, 15) is 14.9 Å². The highest BCUT2D eigenvalue weighted by Gasteiger charge is 2.10. The first-order chi connectivity index (χ1) is 11.9. The summed E-state index contributed by atoms with van der Waals surface area (Å²) in [6.45, 7) is 4.13. The van der Waals surface area contributed by atoms with E-state index in [1.54, 1.807) is 0 Å². The zero-order valence-corrected chi connectivity index (χ0v) is 15.6. The maximum absolute atomic E-state index is 12.0. The second kappa shape index (κ2) is 8.62. The summed E-state index contributed by atoms with van der Waals surface area (Å²) in [6, 6.07) is 11.5. The maximum Gasteiger partial charge on any atom is 0.269 e. The molecule has 7 heteroatoms. The zero-order valence-electron chi connectivity index (χ0n) is 14.0. The Balaban J connectivity index is 1.92. The molecule has 25 heavy (non-hydrogen) atoms. The Morgan fingerprint density at radius 3 is 2.52 bits per heavy atom. The van der Waals surface area contributed by atoms with Crippen LogP contribution in [-0.2, 0) is 4.79 Å². The lowest BCUT2D eigenvalue weighted by molar-refractivity contribution is -0.384. The Bertz CT molecular complexity index is 762. The van der Waals surface area contributed by atoms with Crippen molar-refractivity contribution in [1.29, 1.82) is 0 Å². The first kappa shape index (κ1) is 18.9. The minimum absolute atomic E-state index is 0.0282. The molecule has 0 heterocycles. The number of carbonyl (C=O) groups is 1. The summed E-state index contributed by atoms with van der Waals surface area (Å²) < 4.78 is 6.33. The van der Waals surface area contributed by atoms with Crippen molar-refractivity contribution < 1.29 is 14.5 Å². The van der Waals surface area contributed by atoms with Crippen LogP contribution in [0, 0.1) is 10.1 Å². The fourth-order valence-corrected chi connectivity index (χ4v) is 2.69. The number of hydrogen-bond donors (Lipinski definition) is 1. The number of amides is 1. The Morgan fingerprint density at radius 1 is 1.28 bits per heavy atom. The molecule has 1 atom stereocenters. The third kappa shape index (κ3) is 5.29. The van der Waals surface area contributed by atoms with E-state index in [0.717, 1.165) is 10.9 Å². The topological polar surface area (TPSA) is 81.5 Å². The first-order valence-electron chi connectivity index (χ1n) is 7.87. The summed E-state index contributed by atoms with van der Waals surface area (Å²) in [6.07, 6.45) is 1.05. The summed E-state index contributed by atoms with van der Waals surface area (Å²) in [4.78, 5) is 22.1. The van der Waals surface area contributed by atoms with E-state index in [1.807, 2.05) is 18.2 Å². The maximum atomic E-state index is 12.0. The van der Waals surface area contributed by atoms with Crippen LogP contribution in [0.4, 0.5) is 11.4 Å². The number of halogens is 1. The minimum atomic E-state index is -0.491. The van der Waals surface area contributed by atoms with Crippen LogP contribution in [0.25, 0.3) is 0 Å². The number of nitro benzene ring substituents is 1. The number of hydrogen-bond acceptors (Lipinski definition) is 4. The smallest absolute Gasteiger partial charge is 0.269 e. The summed E-state index contributed by atoms with van der Waals surface area (Å²) in [5.41, 5.74) is 1.65. The molecule has 2 rings (SSSR count). The van der Waals surface area contributed by atoms with E-state index < -0.39 is 4.92 Å². The van der Waals surface area contributed by atoms with Crippen molar-refractivity contribution >= 4 is 33.2 Å². The van der Waals surface area contributed by atoms with Crippen LogP contribution < -0.4 is 10.1 Å². The molecule has 0 radical (unpaired) electrons. The van der Waals surface area contributed by atoms with Gasteiger partial charge in [-0.2, -0.15) is 0 Å². The minimum Gasteiger partial charge on any atom is -0.483 e. The fourth-order valence-electron chi connectivity index (χ4n) is 2.18. The van der Waals surface area contributed by atoms with Gasteiger partial charge in [-0.15, -0.1) is 0 Å². The van der Waals surface area contributed by atoms with Crippen molar-refractivity contribution in [2.24, 2.45) is 0 Å². The summed E-state index contributed by atoms with van der Waals surface area (Å²) >= 11 is 3.46. The van der Waals surface area contributed by atoms with Gasteiger partial charge in [-0.05, 0) is 58.1 Å². The average molecular weight is 407 g/mol. The quantitative estimate of drug-likeness (QED) is 0.524. The predicted octanol–water partition coefficient (Wildman–Crippen LogP) is 4.89. The lowest BCUT2D eigenvalue weighted by atomic mass is 9.99. The fraction of sp³-hybridized carbons (Fsp3) is 0.278. The van der Waals surface area contributed by atoms with E-state index in [-0.39, 0.29) is 18.2 Å². The molecule has 0 aliphatic rings. The number of rotatable bonds is 7. The molecule has 0 saturated heterocycles. The molecule has 1 amide bonds. The molecular weight excluding hydrogens is 388 g/mol. The normalized spacial score (nSPS) is 11.6. The van der Waals surface area contributed by atoms with Crippen molar-refractivity contribution in [3.63, 3.8) is 0 Å². The van der Waals surface area contributed by atoms with Gasteiger partial charge in [-0.1, -0.05) is 19.9 Å². The van der Waals surface area contributed by atoms with Gasteiger partial charge < -0.3 is 10.1 Å². The predicted molar refractivity (Wildman–Crippen MR) is 100 cm³/mol. The molecule has 0 fully saturated rings.